The zero-order valence-corrected chi connectivity index (χ0v) is 21.9. The van der Waals surface area contributed by atoms with Gasteiger partial charge in [-0.05, 0) is 19.1 Å². The van der Waals surface area contributed by atoms with E-state index in [1.807, 2.05) is 4.90 Å². The highest BCUT2D eigenvalue weighted by Crippen LogP contribution is 2.26. The van der Waals surface area contributed by atoms with Crippen LogP contribution in [0.1, 0.15) is 11.5 Å². The predicted octanol–water partition coefficient (Wildman–Crippen LogP) is 0.799. The molecule has 0 radical (unpaired) electrons. The molecule has 2 aliphatic heterocycles. The van der Waals surface area contributed by atoms with Crippen LogP contribution in [0.3, 0.4) is 0 Å². The Morgan fingerprint density at radius 2 is 1.93 bits per heavy atom. The van der Waals surface area contributed by atoms with Gasteiger partial charge in [0.2, 0.25) is 5.91 Å². The number of fused-ring (bicyclic) bond motifs is 1. The molecule has 0 aliphatic carbocycles. The fourth-order valence-electron chi connectivity index (χ4n) is 4.83. The maximum atomic E-state index is 13.3. The number of aromatic nitrogens is 4. The van der Waals surface area contributed by atoms with Crippen LogP contribution in [0.4, 0.5) is 36.3 Å². The zero-order valence-electron chi connectivity index (χ0n) is 21.9. The van der Waals surface area contributed by atoms with E-state index in [4.69, 9.17) is 4.52 Å². The Labute approximate surface area is 225 Å². The third-order valence-corrected chi connectivity index (χ3v) is 6.71. The summed E-state index contributed by atoms with van der Waals surface area (Å²) in [6, 6.07) is 6.67. The van der Waals surface area contributed by atoms with E-state index in [0.29, 0.717) is 36.2 Å². The topological polar surface area (TPSA) is 134 Å². The second-order valence-electron chi connectivity index (χ2n) is 9.70. The van der Waals surface area contributed by atoms with Crippen molar-refractivity contribution in [1.29, 1.82) is 0 Å². The number of anilines is 4. The van der Waals surface area contributed by atoms with Gasteiger partial charge in [0.05, 0.1) is 26.3 Å². The van der Waals surface area contributed by atoms with E-state index in [9.17, 15) is 27.6 Å². The average molecular weight is 564 g/mol. The summed E-state index contributed by atoms with van der Waals surface area (Å²) in [6.45, 7) is 1.84. The van der Waals surface area contributed by atoms with Crippen LogP contribution in [0.15, 0.2) is 38.4 Å². The van der Waals surface area contributed by atoms with Gasteiger partial charge in [-0.1, -0.05) is 11.2 Å². The van der Waals surface area contributed by atoms with E-state index in [1.54, 1.807) is 31.2 Å². The smallest absolute Gasteiger partial charge is 0.361 e. The first-order valence-electron chi connectivity index (χ1n) is 12.5. The monoisotopic (exact) mass is 563 g/mol. The van der Waals surface area contributed by atoms with Gasteiger partial charge in [-0.3, -0.25) is 23.6 Å². The van der Waals surface area contributed by atoms with Gasteiger partial charge in [-0.25, -0.2) is 9.78 Å². The lowest BCUT2D eigenvalue weighted by Crippen LogP contribution is -2.49. The highest BCUT2D eigenvalue weighted by atomic mass is 19.4. The largest absolute Gasteiger partial charge is 0.401 e. The van der Waals surface area contributed by atoms with Crippen molar-refractivity contribution in [3.63, 3.8) is 0 Å². The standard InChI is InChI=1S/C24H28F3N9O4/c1-15-10-16(31-40-15)11-36-22(38)20-21(32(2)23(36)39)28-14-35(20)12-19(37)30-17-4-3-5-18(29-17)34-8-6-33(7-9-34)13-24(25,26)27/h3-5,10,28H,6-9,11-14H2,1-2H3,(H,29,30,37). The number of nitrogens with zero attached hydrogens (tertiary/aromatic N) is 7. The maximum Gasteiger partial charge on any atom is 0.401 e. The van der Waals surface area contributed by atoms with E-state index in [0.717, 1.165) is 4.57 Å². The number of piperazine rings is 1. The number of alkyl halides is 3. The SMILES string of the molecule is Cc1cc(Cn2c(=O)c3c(n(C)c2=O)NCN3CC(=O)Nc2cccc(N3CCN(CC(F)(F)F)CC3)n2)no1. The van der Waals surface area contributed by atoms with Crippen molar-refractivity contribution in [3.05, 3.63) is 56.6 Å². The Morgan fingerprint density at radius 3 is 2.60 bits per heavy atom. The molecule has 5 heterocycles. The van der Waals surface area contributed by atoms with E-state index < -0.39 is 29.9 Å². The lowest BCUT2D eigenvalue weighted by Gasteiger charge is -2.35. The van der Waals surface area contributed by atoms with Gasteiger partial charge < -0.3 is 25.0 Å². The van der Waals surface area contributed by atoms with Crippen LogP contribution in [0, 0.1) is 6.92 Å². The van der Waals surface area contributed by atoms with Crippen LogP contribution >= 0.6 is 0 Å². The lowest BCUT2D eigenvalue weighted by atomic mass is 10.3. The fourth-order valence-corrected chi connectivity index (χ4v) is 4.83. The number of carbonyl (C=O) groups is 1. The normalized spacial score (nSPS) is 15.7. The number of hydrogen-bond donors (Lipinski definition) is 2. The van der Waals surface area contributed by atoms with Crippen LogP contribution in [0.5, 0.6) is 0 Å². The van der Waals surface area contributed by atoms with Gasteiger partial charge in [-0.15, -0.1) is 0 Å². The first-order chi connectivity index (χ1) is 19.0. The van der Waals surface area contributed by atoms with Crippen molar-refractivity contribution in [2.24, 2.45) is 7.05 Å². The van der Waals surface area contributed by atoms with Gasteiger partial charge in [0.25, 0.3) is 5.56 Å². The Balaban J connectivity index is 1.26. The van der Waals surface area contributed by atoms with Crippen molar-refractivity contribution in [1.82, 2.24) is 24.2 Å². The van der Waals surface area contributed by atoms with Crippen LogP contribution in [0.2, 0.25) is 0 Å². The Morgan fingerprint density at radius 1 is 1.18 bits per heavy atom. The Hall–Kier alpha value is -4.34. The summed E-state index contributed by atoms with van der Waals surface area (Å²) in [5.41, 5.74) is -0.514. The highest BCUT2D eigenvalue weighted by Gasteiger charge is 2.32. The third-order valence-electron chi connectivity index (χ3n) is 6.71. The van der Waals surface area contributed by atoms with Crippen LogP contribution in [-0.4, -0.2) is 82.2 Å². The fraction of sp³-hybridized carbons (Fsp3) is 0.458. The summed E-state index contributed by atoms with van der Waals surface area (Å²) in [4.78, 5) is 48.3. The van der Waals surface area contributed by atoms with Gasteiger partial charge in [0.1, 0.15) is 34.6 Å². The first-order valence-corrected chi connectivity index (χ1v) is 12.5. The van der Waals surface area contributed by atoms with E-state index in [1.165, 1.54) is 21.4 Å². The Bertz CT molecular complexity index is 1520. The molecule has 0 bridgehead atoms. The van der Waals surface area contributed by atoms with Crippen LogP contribution < -0.4 is 31.7 Å². The number of carbonyl (C=O) groups excluding carboxylic acids is 1. The van der Waals surface area contributed by atoms with Crippen molar-refractivity contribution in [2.75, 3.05) is 66.4 Å². The second kappa shape index (κ2) is 10.7. The number of nitrogens with one attached hydrogen (secondary N) is 2. The molecule has 2 N–H and O–H groups in total. The number of rotatable bonds is 7. The van der Waals surface area contributed by atoms with Crippen molar-refractivity contribution >= 4 is 29.0 Å². The molecule has 1 fully saturated rings. The molecule has 16 heteroatoms. The summed E-state index contributed by atoms with van der Waals surface area (Å²) in [5.74, 6) is 1.22. The molecule has 1 amide bonds. The number of amides is 1. The summed E-state index contributed by atoms with van der Waals surface area (Å²) in [7, 11) is 1.53. The molecule has 5 rings (SSSR count). The molecule has 0 saturated carbocycles. The predicted molar refractivity (Wildman–Crippen MR) is 140 cm³/mol. The van der Waals surface area contributed by atoms with E-state index in [-0.39, 0.29) is 44.4 Å². The first kappa shape index (κ1) is 27.2. The third kappa shape index (κ3) is 5.80. The molecule has 0 unspecified atom stereocenters. The van der Waals surface area contributed by atoms with Crippen LogP contribution in [0.25, 0.3) is 0 Å². The van der Waals surface area contributed by atoms with Crippen molar-refractivity contribution in [3.8, 4) is 0 Å². The molecule has 3 aromatic rings. The number of aryl methyl sites for hydroxylation is 1. The van der Waals surface area contributed by atoms with Gasteiger partial charge in [0, 0.05) is 39.3 Å². The average Bonchev–Trinajstić information content (AvgIpc) is 3.51. The molecule has 3 aromatic heterocycles. The van der Waals surface area contributed by atoms with Crippen molar-refractivity contribution in [2.45, 2.75) is 19.6 Å². The molecule has 40 heavy (non-hydrogen) atoms. The van der Waals surface area contributed by atoms with E-state index in [2.05, 4.69) is 20.8 Å². The molecule has 13 nitrogen and oxygen atoms in total. The molecule has 0 atom stereocenters. The minimum atomic E-state index is -4.24. The number of hydrogen-bond acceptors (Lipinski definition) is 10. The molecule has 1 saturated heterocycles. The zero-order chi connectivity index (χ0) is 28.6. The maximum absolute atomic E-state index is 13.3. The summed E-state index contributed by atoms with van der Waals surface area (Å²) < 4.78 is 45.4. The Kier molecular flexibility index (Phi) is 7.27. The summed E-state index contributed by atoms with van der Waals surface area (Å²) in [6.07, 6.45) is -4.24. The van der Waals surface area contributed by atoms with E-state index >= 15 is 0 Å². The molecule has 0 spiro atoms. The molecule has 2 aliphatic rings. The number of pyridine rings is 1. The quantitative estimate of drug-likeness (QED) is 0.425. The molecule has 214 valence electrons. The van der Waals surface area contributed by atoms with Gasteiger partial charge in [0.15, 0.2) is 0 Å². The minimum Gasteiger partial charge on any atom is -0.361 e. The second-order valence-corrected chi connectivity index (χ2v) is 9.70. The molecular weight excluding hydrogens is 535 g/mol. The summed E-state index contributed by atoms with van der Waals surface area (Å²) in [5, 5.41) is 9.57. The van der Waals surface area contributed by atoms with Gasteiger partial charge in [-0.2, -0.15) is 13.2 Å². The van der Waals surface area contributed by atoms with Crippen molar-refractivity contribution < 1.29 is 22.5 Å². The highest BCUT2D eigenvalue weighted by molar-refractivity contribution is 5.94. The minimum absolute atomic E-state index is 0.0860. The lowest BCUT2D eigenvalue weighted by molar-refractivity contribution is -0.146. The molecule has 0 aromatic carbocycles. The van der Waals surface area contributed by atoms with Crippen LogP contribution in [-0.2, 0) is 18.4 Å². The molecular formula is C24H28F3N9O4. The van der Waals surface area contributed by atoms with Gasteiger partial charge >= 0.3 is 11.9 Å². The summed E-state index contributed by atoms with van der Waals surface area (Å²) >= 11 is 0. The number of halogens is 3.